The SMILES string of the molecule is Cn1c(C(=O)O)cc2c(Cl)c(OC(F)F)ccc21. The molecule has 2 aromatic rings. The van der Waals surface area contributed by atoms with E-state index in [1.807, 2.05) is 0 Å². The van der Waals surface area contributed by atoms with Crippen molar-refractivity contribution in [1.29, 1.82) is 0 Å². The quantitative estimate of drug-likeness (QED) is 0.936. The van der Waals surface area contributed by atoms with Crippen LogP contribution < -0.4 is 4.74 Å². The zero-order chi connectivity index (χ0) is 13.4. The van der Waals surface area contributed by atoms with Crippen molar-refractivity contribution < 1.29 is 23.4 Å². The second-order valence-corrected chi connectivity index (χ2v) is 3.96. The molecule has 18 heavy (non-hydrogen) atoms. The van der Waals surface area contributed by atoms with Crippen LogP contribution in [0.1, 0.15) is 10.5 Å². The standard InChI is InChI=1S/C11H8ClF2NO3/c1-15-6-2-3-8(18-11(13)14)9(12)5(6)4-7(15)10(16)17/h2-4,11H,1H3,(H,16,17). The molecule has 1 N–H and O–H groups in total. The van der Waals surface area contributed by atoms with Crippen molar-refractivity contribution in [1.82, 2.24) is 4.57 Å². The molecule has 7 heteroatoms. The first kappa shape index (κ1) is 12.6. The summed E-state index contributed by atoms with van der Waals surface area (Å²) in [5, 5.41) is 9.28. The van der Waals surface area contributed by atoms with Gasteiger partial charge in [-0.15, -0.1) is 0 Å². The summed E-state index contributed by atoms with van der Waals surface area (Å²) < 4.78 is 29.9. The van der Waals surface area contributed by atoms with E-state index in [0.29, 0.717) is 10.9 Å². The van der Waals surface area contributed by atoms with Gasteiger partial charge in [-0.05, 0) is 18.2 Å². The predicted molar refractivity (Wildman–Crippen MR) is 61.5 cm³/mol. The maximum Gasteiger partial charge on any atom is 0.387 e. The second kappa shape index (κ2) is 4.45. The van der Waals surface area contributed by atoms with Gasteiger partial charge < -0.3 is 14.4 Å². The van der Waals surface area contributed by atoms with Crippen molar-refractivity contribution in [3.63, 3.8) is 0 Å². The van der Waals surface area contributed by atoms with Crippen LogP contribution in [0.3, 0.4) is 0 Å². The van der Waals surface area contributed by atoms with Crippen molar-refractivity contribution in [2.75, 3.05) is 0 Å². The number of carboxylic acid groups (broad SMARTS) is 1. The van der Waals surface area contributed by atoms with E-state index in [9.17, 15) is 13.6 Å². The lowest BCUT2D eigenvalue weighted by atomic mass is 10.2. The molecule has 96 valence electrons. The first-order valence-electron chi connectivity index (χ1n) is 4.88. The highest BCUT2D eigenvalue weighted by atomic mass is 35.5. The summed E-state index contributed by atoms with van der Waals surface area (Å²) in [5.74, 6) is -1.30. The third-order valence-electron chi connectivity index (χ3n) is 2.56. The van der Waals surface area contributed by atoms with Gasteiger partial charge in [-0.2, -0.15) is 8.78 Å². The molecule has 0 bridgehead atoms. The van der Waals surface area contributed by atoms with Crippen molar-refractivity contribution in [3.05, 3.63) is 28.9 Å². The van der Waals surface area contributed by atoms with E-state index in [1.54, 1.807) is 7.05 Å². The molecule has 0 unspecified atom stereocenters. The smallest absolute Gasteiger partial charge is 0.387 e. The number of fused-ring (bicyclic) bond motifs is 1. The first-order valence-corrected chi connectivity index (χ1v) is 5.25. The van der Waals surface area contributed by atoms with Crippen LogP contribution in [0.25, 0.3) is 10.9 Å². The predicted octanol–water partition coefficient (Wildman–Crippen LogP) is 3.13. The zero-order valence-electron chi connectivity index (χ0n) is 9.15. The van der Waals surface area contributed by atoms with E-state index in [0.717, 1.165) is 0 Å². The van der Waals surface area contributed by atoms with Crippen molar-refractivity contribution in [3.8, 4) is 5.75 Å². The monoisotopic (exact) mass is 275 g/mol. The van der Waals surface area contributed by atoms with Crippen LogP contribution in [0.15, 0.2) is 18.2 Å². The zero-order valence-corrected chi connectivity index (χ0v) is 9.91. The summed E-state index contributed by atoms with van der Waals surface area (Å²) in [6, 6.07) is 4.08. The van der Waals surface area contributed by atoms with Gasteiger partial charge in [-0.1, -0.05) is 11.6 Å². The van der Waals surface area contributed by atoms with E-state index < -0.39 is 12.6 Å². The summed E-state index contributed by atoms with van der Waals surface area (Å²) in [7, 11) is 1.55. The Morgan fingerprint density at radius 1 is 1.50 bits per heavy atom. The number of carboxylic acids is 1. The van der Waals surface area contributed by atoms with Crippen LogP contribution in [0, 0.1) is 0 Å². The Morgan fingerprint density at radius 2 is 2.17 bits per heavy atom. The number of hydrogen-bond donors (Lipinski definition) is 1. The van der Waals surface area contributed by atoms with Crippen molar-refractivity contribution in [2.24, 2.45) is 7.05 Å². The fourth-order valence-electron chi connectivity index (χ4n) is 1.75. The van der Waals surface area contributed by atoms with Crippen molar-refractivity contribution >= 4 is 28.5 Å². The number of aryl methyl sites for hydroxylation is 1. The van der Waals surface area contributed by atoms with Gasteiger partial charge in [0, 0.05) is 12.4 Å². The average molecular weight is 276 g/mol. The number of benzene rings is 1. The lowest BCUT2D eigenvalue weighted by Crippen LogP contribution is -2.03. The number of aromatic carboxylic acids is 1. The Labute approximate surface area is 105 Å². The fraction of sp³-hybridized carbons (Fsp3) is 0.182. The highest BCUT2D eigenvalue weighted by molar-refractivity contribution is 6.37. The Bertz CT molecular complexity index is 624. The first-order chi connectivity index (χ1) is 8.41. The number of carbonyl (C=O) groups is 1. The third-order valence-corrected chi connectivity index (χ3v) is 2.95. The second-order valence-electron chi connectivity index (χ2n) is 3.58. The molecule has 4 nitrogen and oxygen atoms in total. The Kier molecular flexibility index (Phi) is 3.13. The Hall–Kier alpha value is -1.82. The molecule has 1 heterocycles. The fourth-order valence-corrected chi connectivity index (χ4v) is 2.01. The lowest BCUT2D eigenvalue weighted by molar-refractivity contribution is -0.0497. The minimum atomic E-state index is -2.98. The number of aromatic nitrogens is 1. The third kappa shape index (κ3) is 1.99. The van der Waals surface area contributed by atoms with Gasteiger partial charge in [0.05, 0.1) is 10.5 Å². The molecule has 0 fully saturated rings. The van der Waals surface area contributed by atoms with E-state index in [1.165, 1.54) is 22.8 Å². The topological polar surface area (TPSA) is 51.5 Å². The Morgan fingerprint density at radius 3 is 2.72 bits per heavy atom. The maximum atomic E-state index is 12.1. The number of hydrogen-bond acceptors (Lipinski definition) is 2. The highest BCUT2D eigenvalue weighted by Gasteiger charge is 2.17. The van der Waals surface area contributed by atoms with E-state index in [-0.39, 0.29) is 16.5 Å². The molecular formula is C11H8ClF2NO3. The average Bonchev–Trinajstić information content (AvgIpc) is 2.61. The largest absolute Gasteiger partial charge is 0.477 e. The van der Waals surface area contributed by atoms with Crippen LogP contribution in [0.5, 0.6) is 5.75 Å². The molecular weight excluding hydrogens is 268 g/mol. The molecule has 0 saturated heterocycles. The van der Waals surface area contributed by atoms with E-state index in [2.05, 4.69) is 4.74 Å². The molecule has 1 aromatic heterocycles. The summed E-state index contributed by atoms with van der Waals surface area (Å²) in [6.45, 7) is -2.98. The van der Waals surface area contributed by atoms with E-state index in [4.69, 9.17) is 16.7 Å². The van der Waals surface area contributed by atoms with Gasteiger partial charge in [0.25, 0.3) is 0 Å². The van der Waals surface area contributed by atoms with Gasteiger partial charge in [-0.25, -0.2) is 4.79 Å². The molecule has 0 aliphatic heterocycles. The van der Waals surface area contributed by atoms with Crippen LogP contribution >= 0.6 is 11.6 Å². The van der Waals surface area contributed by atoms with Crippen LogP contribution in [0.4, 0.5) is 8.78 Å². The molecule has 0 aliphatic carbocycles. The minimum Gasteiger partial charge on any atom is -0.477 e. The van der Waals surface area contributed by atoms with Crippen LogP contribution in [0.2, 0.25) is 5.02 Å². The minimum absolute atomic E-state index is 0.0149. The molecule has 1 aromatic carbocycles. The number of rotatable bonds is 3. The van der Waals surface area contributed by atoms with Crippen LogP contribution in [-0.2, 0) is 7.05 Å². The summed E-state index contributed by atoms with van der Waals surface area (Å²) in [4.78, 5) is 11.0. The summed E-state index contributed by atoms with van der Waals surface area (Å²) in [5.41, 5.74) is 0.542. The van der Waals surface area contributed by atoms with Gasteiger partial charge in [0.2, 0.25) is 0 Å². The molecule has 0 radical (unpaired) electrons. The summed E-state index contributed by atoms with van der Waals surface area (Å²) >= 11 is 5.91. The molecule has 0 spiro atoms. The molecule has 0 amide bonds. The maximum absolute atomic E-state index is 12.1. The van der Waals surface area contributed by atoms with Crippen molar-refractivity contribution in [2.45, 2.75) is 6.61 Å². The normalized spacial score (nSPS) is 11.2. The van der Waals surface area contributed by atoms with Gasteiger partial charge >= 0.3 is 12.6 Å². The number of alkyl halides is 2. The molecule has 0 atom stereocenters. The van der Waals surface area contributed by atoms with E-state index >= 15 is 0 Å². The van der Waals surface area contributed by atoms with Gasteiger partial charge in [0.15, 0.2) is 0 Å². The Balaban J connectivity index is 2.64. The number of ether oxygens (including phenoxy) is 1. The highest BCUT2D eigenvalue weighted by Crippen LogP contribution is 2.35. The number of nitrogens with zero attached hydrogens (tertiary/aromatic N) is 1. The van der Waals surface area contributed by atoms with Crippen LogP contribution in [-0.4, -0.2) is 22.3 Å². The molecule has 0 saturated carbocycles. The lowest BCUT2D eigenvalue weighted by Gasteiger charge is -2.07. The molecule has 0 aliphatic rings. The molecule has 2 rings (SSSR count). The van der Waals surface area contributed by atoms with Gasteiger partial charge in [-0.3, -0.25) is 0 Å². The van der Waals surface area contributed by atoms with Gasteiger partial charge in [0.1, 0.15) is 11.4 Å². The number of halogens is 3. The summed E-state index contributed by atoms with van der Waals surface area (Å²) in [6.07, 6.45) is 0.